The molecule has 0 saturated carbocycles. The maximum atomic E-state index is 12.3. The zero-order chi connectivity index (χ0) is 17.2. The molecule has 0 unspecified atom stereocenters. The summed E-state index contributed by atoms with van der Waals surface area (Å²) >= 11 is 0. The lowest BCUT2D eigenvalue weighted by Gasteiger charge is -2.14. The summed E-state index contributed by atoms with van der Waals surface area (Å²) in [5.74, 6) is -0.548. The van der Waals surface area contributed by atoms with Crippen LogP contribution in [0.5, 0.6) is 0 Å². The van der Waals surface area contributed by atoms with Crippen LogP contribution >= 0.6 is 0 Å². The van der Waals surface area contributed by atoms with Gasteiger partial charge in [-0.15, -0.1) is 0 Å². The maximum Gasteiger partial charge on any atom is 0.240 e. The number of anilines is 1. The van der Waals surface area contributed by atoms with Gasteiger partial charge < -0.3 is 0 Å². The van der Waals surface area contributed by atoms with Crippen molar-refractivity contribution in [3.8, 4) is 0 Å². The number of sulfonamides is 1. The van der Waals surface area contributed by atoms with E-state index in [1.807, 2.05) is 0 Å². The molecule has 2 heterocycles. The first-order valence-electron chi connectivity index (χ1n) is 7.33. The van der Waals surface area contributed by atoms with Crippen molar-refractivity contribution < 1.29 is 18.0 Å². The Morgan fingerprint density at radius 3 is 2.25 bits per heavy atom. The molecule has 124 valence electrons. The number of aromatic nitrogens is 1. The van der Waals surface area contributed by atoms with Crippen LogP contribution in [0.4, 0.5) is 5.69 Å². The standard InChI is InChI=1S/C16H15N3O4S/c20-15-8-9-16(21)19(15)13-4-6-14(7-5-13)24(22,23)18-11-12-3-1-2-10-17-12/h1-7,10,18H,8-9,11H2. The van der Waals surface area contributed by atoms with Gasteiger partial charge in [0.05, 0.1) is 22.8 Å². The van der Waals surface area contributed by atoms with Gasteiger partial charge in [-0.25, -0.2) is 13.1 Å². The third-order valence-corrected chi connectivity index (χ3v) is 5.04. The van der Waals surface area contributed by atoms with Crippen LogP contribution in [0.15, 0.2) is 53.6 Å². The summed E-state index contributed by atoms with van der Waals surface area (Å²) in [6.45, 7) is 0.0774. The van der Waals surface area contributed by atoms with Crippen LogP contribution in [0.3, 0.4) is 0 Å². The van der Waals surface area contributed by atoms with Gasteiger partial charge in [-0.05, 0) is 36.4 Å². The van der Waals surface area contributed by atoms with Crippen molar-refractivity contribution in [3.05, 3.63) is 54.4 Å². The number of nitrogens with zero attached hydrogens (tertiary/aromatic N) is 2. The van der Waals surface area contributed by atoms with E-state index in [0.717, 1.165) is 4.90 Å². The highest BCUT2D eigenvalue weighted by Gasteiger charge is 2.30. The molecule has 24 heavy (non-hydrogen) atoms. The van der Waals surface area contributed by atoms with E-state index in [1.165, 1.54) is 24.3 Å². The van der Waals surface area contributed by atoms with Gasteiger partial charge in [-0.2, -0.15) is 0 Å². The zero-order valence-corrected chi connectivity index (χ0v) is 13.5. The Balaban J connectivity index is 1.74. The number of amides is 2. The minimum Gasteiger partial charge on any atom is -0.274 e. The van der Waals surface area contributed by atoms with Crippen molar-refractivity contribution in [1.29, 1.82) is 0 Å². The van der Waals surface area contributed by atoms with Crippen molar-refractivity contribution in [2.45, 2.75) is 24.3 Å². The fraction of sp³-hybridized carbons (Fsp3) is 0.188. The van der Waals surface area contributed by atoms with E-state index in [4.69, 9.17) is 0 Å². The summed E-state index contributed by atoms with van der Waals surface area (Å²) in [5.41, 5.74) is 0.983. The second-order valence-corrected chi connectivity index (χ2v) is 7.03. The molecule has 1 aromatic heterocycles. The van der Waals surface area contributed by atoms with E-state index < -0.39 is 10.0 Å². The van der Waals surface area contributed by atoms with Crippen LogP contribution < -0.4 is 9.62 Å². The van der Waals surface area contributed by atoms with Crippen LogP contribution in [-0.4, -0.2) is 25.2 Å². The molecule has 7 nitrogen and oxygen atoms in total. The largest absolute Gasteiger partial charge is 0.274 e. The number of carbonyl (C=O) groups excluding carboxylic acids is 2. The molecule has 3 rings (SSSR count). The van der Waals surface area contributed by atoms with Crippen LogP contribution in [0.1, 0.15) is 18.5 Å². The molecule has 1 fully saturated rings. The van der Waals surface area contributed by atoms with Crippen molar-refractivity contribution in [2.24, 2.45) is 0 Å². The van der Waals surface area contributed by atoms with Gasteiger partial charge in [0.25, 0.3) is 0 Å². The van der Waals surface area contributed by atoms with Gasteiger partial charge in [-0.3, -0.25) is 19.5 Å². The number of imide groups is 1. The van der Waals surface area contributed by atoms with E-state index in [2.05, 4.69) is 9.71 Å². The van der Waals surface area contributed by atoms with Gasteiger partial charge >= 0.3 is 0 Å². The second-order valence-electron chi connectivity index (χ2n) is 5.26. The number of pyridine rings is 1. The smallest absolute Gasteiger partial charge is 0.240 e. The Bertz CT molecular complexity index is 848. The molecule has 1 aliphatic heterocycles. The Kier molecular flexibility index (Phi) is 4.41. The fourth-order valence-corrected chi connectivity index (χ4v) is 3.39. The van der Waals surface area contributed by atoms with Crippen molar-refractivity contribution in [2.75, 3.05) is 4.90 Å². The predicted octanol–water partition coefficient (Wildman–Crippen LogP) is 1.21. The zero-order valence-electron chi connectivity index (χ0n) is 12.7. The van der Waals surface area contributed by atoms with Crippen molar-refractivity contribution >= 4 is 27.5 Å². The van der Waals surface area contributed by atoms with Crippen molar-refractivity contribution in [1.82, 2.24) is 9.71 Å². The number of hydrogen-bond donors (Lipinski definition) is 1. The molecular weight excluding hydrogens is 330 g/mol. The Morgan fingerprint density at radius 1 is 1.00 bits per heavy atom. The first-order valence-corrected chi connectivity index (χ1v) is 8.81. The summed E-state index contributed by atoms with van der Waals surface area (Å²) in [7, 11) is -3.70. The molecule has 8 heteroatoms. The topological polar surface area (TPSA) is 96.4 Å². The molecule has 0 spiro atoms. The second kappa shape index (κ2) is 6.50. The van der Waals surface area contributed by atoms with Crippen LogP contribution in [0.2, 0.25) is 0 Å². The Morgan fingerprint density at radius 2 is 1.67 bits per heavy atom. The summed E-state index contributed by atoms with van der Waals surface area (Å²) in [6.07, 6.45) is 1.96. The van der Waals surface area contributed by atoms with E-state index in [0.29, 0.717) is 11.4 Å². The Hall–Kier alpha value is -2.58. The average Bonchev–Trinajstić information content (AvgIpc) is 2.93. The van der Waals surface area contributed by atoms with Crippen LogP contribution in [0.25, 0.3) is 0 Å². The minimum absolute atomic E-state index is 0.0567. The van der Waals surface area contributed by atoms with E-state index >= 15 is 0 Å². The molecule has 1 aliphatic rings. The lowest BCUT2D eigenvalue weighted by molar-refractivity contribution is -0.121. The molecule has 2 aromatic rings. The van der Waals surface area contributed by atoms with Gasteiger partial charge in [0.15, 0.2) is 0 Å². The first-order chi connectivity index (χ1) is 11.5. The van der Waals surface area contributed by atoms with Crippen molar-refractivity contribution in [3.63, 3.8) is 0 Å². The molecule has 0 radical (unpaired) electrons. The Labute approximate surface area is 139 Å². The van der Waals surface area contributed by atoms with Gasteiger partial charge in [-0.1, -0.05) is 6.07 Å². The molecule has 1 saturated heterocycles. The number of carbonyl (C=O) groups is 2. The predicted molar refractivity (Wildman–Crippen MR) is 86.4 cm³/mol. The van der Waals surface area contributed by atoms with Crippen LogP contribution in [-0.2, 0) is 26.2 Å². The highest BCUT2D eigenvalue weighted by Crippen LogP contribution is 2.23. The normalized spacial score (nSPS) is 15.1. The third-order valence-electron chi connectivity index (χ3n) is 3.63. The molecule has 0 atom stereocenters. The fourth-order valence-electron chi connectivity index (χ4n) is 2.39. The highest BCUT2D eigenvalue weighted by molar-refractivity contribution is 7.89. The van der Waals surface area contributed by atoms with Gasteiger partial charge in [0, 0.05) is 19.0 Å². The van der Waals surface area contributed by atoms with Gasteiger partial charge in [0.1, 0.15) is 0 Å². The molecule has 1 N–H and O–H groups in total. The lowest BCUT2D eigenvalue weighted by atomic mass is 10.3. The summed E-state index contributed by atoms with van der Waals surface area (Å²) < 4.78 is 27.0. The third kappa shape index (κ3) is 3.34. The minimum atomic E-state index is -3.70. The number of benzene rings is 1. The quantitative estimate of drug-likeness (QED) is 0.822. The van der Waals surface area contributed by atoms with Gasteiger partial charge in [0.2, 0.25) is 21.8 Å². The van der Waals surface area contributed by atoms with E-state index in [1.54, 1.807) is 24.4 Å². The summed E-state index contributed by atoms with van der Waals surface area (Å²) in [6, 6.07) is 10.9. The number of hydrogen-bond acceptors (Lipinski definition) is 5. The summed E-state index contributed by atoms with van der Waals surface area (Å²) in [4.78, 5) is 28.6. The average molecular weight is 345 g/mol. The molecular formula is C16H15N3O4S. The maximum absolute atomic E-state index is 12.3. The van der Waals surface area contributed by atoms with E-state index in [9.17, 15) is 18.0 Å². The van der Waals surface area contributed by atoms with E-state index in [-0.39, 0.29) is 36.1 Å². The van der Waals surface area contributed by atoms with Crippen LogP contribution in [0, 0.1) is 0 Å². The molecule has 0 bridgehead atoms. The summed E-state index contributed by atoms with van der Waals surface area (Å²) in [5, 5.41) is 0. The molecule has 2 amide bonds. The molecule has 1 aromatic carbocycles. The monoisotopic (exact) mass is 345 g/mol. The molecule has 0 aliphatic carbocycles. The SMILES string of the molecule is O=C1CCC(=O)N1c1ccc(S(=O)(=O)NCc2ccccn2)cc1. The highest BCUT2D eigenvalue weighted by atomic mass is 32.2. The first kappa shape index (κ1) is 16.3. The lowest BCUT2D eigenvalue weighted by Crippen LogP contribution is -2.28. The number of nitrogens with one attached hydrogen (secondary N) is 1. The number of rotatable bonds is 5.